The highest BCUT2D eigenvalue weighted by atomic mass is 19.1. The highest BCUT2D eigenvalue weighted by Crippen LogP contribution is 2.42. The van der Waals surface area contributed by atoms with Crippen molar-refractivity contribution in [3.05, 3.63) is 71.5 Å². The average Bonchev–Trinajstić information content (AvgIpc) is 2.98. The first-order valence-corrected chi connectivity index (χ1v) is 8.21. The van der Waals surface area contributed by atoms with Gasteiger partial charge in [0, 0.05) is 33.0 Å². The van der Waals surface area contributed by atoms with Gasteiger partial charge in [-0.2, -0.15) is 0 Å². The van der Waals surface area contributed by atoms with Crippen LogP contribution in [0.1, 0.15) is 11.1 Å². The molecule has 3 N–H and O–H groups in total. The fourth-order valence-corrected chi connectivity index (χ4v) is 3.94. The number of hydrogen-bond donors (Lipinski definition) is 2. The van der Waals surface area contributed by atoms with Crippen molar-refractivity contribution < 1.29 is 4.39 Å². The summed E-state index contributed by atoms with van der Waals surface area (Å²) in [4.78, 5) is 0. The zero-order chi connectivity index (χ0) is 17.8. The number of amidine groups is 1. The van der Waals surface area contributed by atoms with Crippen LogP contribution < -0.4 is 5.84 Å². The predicted octanol–water partition coefficient (Wildman–Crippen LogP) is 4.61. The summed E-state index contributed by atoms with van der Waals surface area (Å²) in [5.41, 5.74) is 5.09. The van der Waals surface area contributed by atoms with E-state index in [1.165, 1.54) is 6.07 Å². The molecule has 0 saturated heterocycles. The quantitative estimate of drug-likeness (QED) is 0.150. The Morgan fingerprint density at radius 1 is 1.04 bits per heavy atom. The number of hydrogen-bond acceptors (Lipinski definition) is 2. The highest BCUT2D eigenvalue weighted by Gasteiger charge is 2.25. The van der Waals surface area contributed by atoms with Gasteiger partial charge in [0.1, 0.15) is 5.82 Å². The second kappa shape index (κ2) is 5.23. The first kappa shape index (κ1) is 14.8. The first-order chi connectivity index (χ1) is 12.7. The van der Waals surface area contributed by atoms with Gasteiger partial charge in [-0.3, -0.25) is 5.41 Å². The molecule has 0 aliphatic carbocycles. The lowest BCUT2D eigenvalue weighted by molar-refractivity contribution is 0.603. The Balaban J connectivity index is 1.98. The molecule has 0 unspecified atom stereocenters. The van der Waals surface area contributed by atoms with E-state index >= 15 is 0 Å². The molecule has 4 aromatic rings. The molecule has 6 heteroatoms. The number of aromatic nitrogens is 1. The van der Waals surface area contributed by atoms with Gasteiger partial charge in [-0.1, -0.05) is 35.6 Å². The third kappa shape index (κ3) is 1.86. The molecule has 1 aliphatic rings. The number of benzene rings is 3. The Morgan fingerprint density at radius 2 is 1.88 bits per heavy atom. The van der Waals surface area contributed by atoms with Gasteiger partial charge in [0.25, 0.3) is 0 Å². The molecular weight excluding hydrogens is 329 g/mol. The summed E-state index contributed by atoms with van der Waals surface area (Å²) in [5.74, 6) is 4.87. The minimum Gasteiger partial charge on any atom is -0.335 e. The normalized spacial score (nSPS) is 12.8. The van der Waals surface area contributed by atoms with Crippen LogP contribution in [0.2, 0.25) is 0 Å². The molecule has 26 heavy (non-hydrogen) atoms. The molecule has 0 atom stereocenters. The zero-order valence-corrected chi connectivity index (χ0v) is 13.7. The van der Waals surface area contributed by atoms with Crippen LogP contribution in [-0.4, -0.2) is 10.4 Å². The van der Waals surface area contributed by atoms with Gasteiger partial charge in [-0.05, 0) is 29.8 Å². The second-order valence-electron chi connectivity index (χ2n) is 6.35. The lowest BCUT2D eigenvalue weighted by Gasteiger charge is -2.21. The van der Waals surface area contributed by atoms with Crippen LogP contribution >= 0.6 is 0 Å². The van der Waals surface area contributed by atoms with Crippen molar-refractivity contribution in [1.82, 2.24) is 4.57 Å². The van der Waals surface area contributed by atoms with Crippen molar-refractivity contribution in [2.75, 3.05) is 0 Å². The van der Waals surface area contributed by atoms with E-state index in [1.54, 1.807) is 6.07 Å². The Kier molecular flexibility index (Phi) is 2.97. The van der Waals surface area contributed by atoms with E-state index in [2.05, 4.69) is 14.9 Å². The molecule has 0 radical (unpaired) electrons. The maximum atomic E-state index is 14.5. The molecule has 2 heterocycles. The van der Waals surface area contributed by atoms with Crippen LogP contribution in [0.15, 0.2) is 64.9 Å². The van der Waals surface area contributed by atoms with Gasteiger partial charge in [0.15, 0.2) is 5.84 Å². The Hall–Kier alpha value is -3.54. The number of fused-ring (bicyclic) bond motifs is 5. The number of nitrogens with zero attached hydrogens (tertiary/aromatic N) is 3. The van der Waals surface area contributed by atoms with Gasteiger partial charge >= 0.3 is 0 Å². The number of halogens is 1. The van der Waals surface area contributed by atoms with Gasteiger partial charge in [0.2, 0.25) is 0 Å². The van der Waals surface area contributed by atoms with Gasteiger partial charge < -0.3 is 10.4 Å². The standard InChI is InChI=1S/C20H14FN5/c21-17-6-3-5-12-14-8-11(20(22)24-25-23)9-15-13-4-1-2-7-18(13)26(19(14)15)10-16(12)17/h1-9H,10H2,(H3,22,23,24). The summed E-state index contributed by atoms with van der Waals surface area (Å²) in [5, 5.41) is 17.1. The van der Waals surface area contributed by atoms with Crippen molar-refractivity contribution >= 4 is 27.6 Å². The number of nitrogens with one attached hydrogen (secondary N) is 1. The van der Waals surface area contributed by atoms with Crippen LogP contribution in [0.25, 0.3) is 32.9 Å². The van der Waals surface area contributed by atoms with E-state index in [0.29, 0.717) is 17.7 Å². The predicted molar refractivity (Wildman–Crippen MR) is 99.8 cm³/mol. The third-order valence-corrected chi connectivity index (χ3v) is 5.02. The van der Waals surface area contributed by atoms with Crippen LogP contribution in [-0.2, 0) is 6.54 Å². The van der Waals surface area contributed by atoms with Gasteiger partial charge in [-0.25, -0.2) is 4.39 Å². The molecule has 0 spiro atoms. The Bertz CT molecular complexity index is 1250. The summed E-state index contributed by atoms with van der Waals surface area (Å²) in [6.45, 7) is 0.484. The fourth-order valence-electron chi connectivity index (χ4n) is 3.94. The maximum Gasteiger partial charge on any atom is 0.176 e. The first-order valence-electron chi connectivity index (χ1n) is 8.21. The van der Waals surface area contributed by atoms with E-state index in [1.807, 2.05) is 42.5 Å². The van der Waals surface area contributed by atoms with Gasteiger partial charge in [-0.15, -0.1) is 5.11 Å². The Morgan fingerprint density at radius 3 is 2.73 bits per heavy atom. The topological polar surface area (TPSA) is 79.5 Å². The summed E-state index contributed by atoms with van der Waals surface area (Å²) in [6, 6.07) is 17.0. The summed E-state index contributed by atoms with van der Waals surface area (Å²) >= 11 is 0. The van der Waals surface area contributed by atoms with Crippen LogP contribution in [0.3, 0.4) is 0 Å². The van der Waals surface area contributed by atoms with E-state index in [4.69, 9.17) is 11.3 Å². The molecule has 126 valence electrons. The molecular formula is C20H14FN5. The molecule has 5 nitrogen and oxygen atoms in total. The molecule has 0 fully saturated rings. The van der Waals surface area contributed by atoms with Crippen LogP contribution in [0.5, 0.6) is 0 Å². The van der Waals surface area contributed by atoms with Crippen molar-refractivity contribution in [2.24, 2.45) is 16.2 Å². The number of para-hydroxylation sites is 1. The van der Waals surface area contributed by atoms with Crippen molar-refractivity contribution in [3.8, 4) is 11.1 Å². The summed E-state index contributed by atoms with van der Waals surface area (Å²) < 4.78 is 16.7. The molecule has 5 rings (SSSR count). The number of rotatable bonds is 1. The molecule has 0 amide bonds. The minimum atomic E-state index is -0.221. The van der Waals surface area contributed by atoms with Crippen molar-refractivity contribution in [2.45, 2.75) is 6.54 Å². The van der Waals surface area contributed by atoms with E-state index in [9.17, 15) is 4.39 Å². The fraction of sp³-hybridized carbons (Fsp3) is 0.0500. The van der Waals surface area contributed by atoms with Gasteiger partial charge in [0.05, 0.1) is 12.1 Å². The smallest absolute Gasteiger partial charge is 0.176 e. The van der Waals surface area contributed by atoms with Crippen LogP contribution in [0, 0.1) is 11.2 Å². The second-order valence-corrected chi connectivity index (χ2v) is 6.35. The molecule has 1 aromatic heterocycles. The monoisotopic (exact) mass is 343 g/mol. The zero-order valence-electron chi connectivity index (χ0n) is 13.7. The van der Waals surface area contributed by atoms with Crippen molar-refractivity contribution in [1.29, 1.82) is 5.41 Å². The molecule has 3 aromatic carbocycles. The highest BCUT2D eigenvalue weighted by molar-refractivity contribution is 6.16. The largest absolute Gasteiger partial charge is 0.335 e. The third-order valence-electron chi connectivity index (χ3n) is 5.02. The molecule has 0 bridgehead atoms. The molecule has 1 aliphatic heterocycles. The number of nitrogens with two attached hydrogens (primary N) is 1. The SMILES string of the molecule is N=C(N=NN)c1cc2c3c(c1)c1ccccc1n3Cc1c(F)cccc1-2. The lowest BCUT2D eigenvalue weighted by atomic mass is 9.92. The van der Waals surface area contributed by atoms with E-state index < -0.39 is 0 Å². The summed E-state index contributed by atoms with van der Waals surface area (Å²) in [7, 11) is 0. The van der Waals surface area contributed by atoms with Crippen molar-refractivity contribution in [3.63, 3.8) is 0 Å². The van der Waals surface area contributed by atoms with E-state index in [0.717, 1.165) is 32.9 Å². The summed E-state index contributed by atoms with van der Waals surface area (Å²) in [6.07, 6.45) is 0. The Labute approximate surface area is 148 Å². The van der Waals surface area contributed by atoms with Crippen LogP contribution in [0.4, 0.5) is 4.39 Å². The van der Waals surface area contributed by atoms with E-state index in [-0.39, 0.29) is 11.7 Å². The minimum absolute atomic E-state index is 0.0222. The lowest BCUT2D eigenvalue weighted by Crippen LogP contribution is -2.10. The average molecular weight is 343 g/mol. The maximum absolute atomic E-state index is 14.5. The molecule has 0 saturated carbocycles.